The van der Waals surface area contributed by atoms with Gasteiger partial charge in [-0.3, -0.25) is 9.59 Å². The molecular weight excluding hydrogens is 308 g/mol. The highest BCUT2D eigenvalue weighted by Gasteiger charge is 2.31. The molecule has 4 nitrogen and oxygen atoms in total. The molecule has 2 unspecified atom stereocenters. The van der Waals surface area contributed by atoms with Crippen molar-refractivity contribution < 1.29 is 9.59 Å². The van der Waals surface area contributed by atoms with E-state index in [0.717, 1.165) is 12.0 Å². The van der Waals surface area contributed by atoms with Crippen molar-refractivity contribution in [3.63, 3.8) is 0 Å². The number of aryl methyl sites for hydroxylation is 1. The molecule has 1 saturated carbocycles. The molecule has 1 aromatic rings. The Balaban J connectivity index is 1.92. The first kappa shape index (κ1) is 17.9. The molecule has 2 atom stereocenters. The number of thioether (sulfide) groups is 1. The van der Waals surface area contributed by atoms with Gasteiger partial charge in [-0.2, -0.15) is 11.8 Å². The lowest BCUT2D eigenvalue weighted by atomic mass is 10.1. The first-order chi connectivity index (χ1) is 11.1. The first-order valence-corrected chi connectivity index (χ1v) is 9.45. The van der Waals surface area contributed by atoms with Gasteiger partial charge in [0.25, 0.3) is 5.91 Å². The van der Waals surface area contributed by atoms with E-state index in [1.807, 2.05) is 41.9 Å². The smallest absolute Gasteiger partial charge is 0.251 e. The van der Waals surface area contributed by atoms with Crippen molar-refractivity contribution in [2.45, 2.75) is 43.4 Å². The normalized spacial score (nSPS) is 20.3. The van der Waals surface area contributed by atoms with Crippen LogP contribution in [0.15, 0.2) is 24.3 Å². The largest absolute Gasteiger partial charge is 0.355 e. The molecule has 1 aliphatic carbocycles. The number of amides is 2. The Bertz CT molecular complexity index is 562. The average molecular weight is 334 g/mol. The zero-order chi connectivity index (χ0) is 16.8. The Morgan fingerprint density at radius 2 is 2.13 bits per heavy atom. The van der Waals surface area contributed by atoms with Gasteiger partial charge in [0, 0.05) is 37.4 Å². The quantitative estimate of drug-likeness (QED) is 0.870. The Hall–Kier alpha value is -1.49. The number of carbonyl (C=O) groups is 2. The van der Waals surface area contributed by atoms with E-state index in [1.165, 1.54) is 12.8 Å². The summed E-state index contributed by atoms with van der Waals surface area (Å²) < 4.78 is 0. The Kier molecular flexibility index (Phi) is 6.51. The summed E-state index contributed by atoms with van der Waals surface area (Å²) in [6, 6.07) is 7.87. The summed E-state index contributed by atoms with van der Waals surface area (Å²) in [6.45, 7) is 0. The van der Waals surface area contributed by atoms with Crippen LogP contribution in [0.25, 0.3) is 0 Å². The molecule has 0 aliphatic heterocycles. The molecule has 0 bridgehead atoms. The molecule has 0 radical (unpaired) electrons. The van der Waals surface area contributed by atoms with Crippen molar-refractivity contribution in [2.24, 2.45) is 0 Å². The average Bonchev–Trinajstić information content (AvgIpc) is 3.07. The van der Waals surface area contributed by atoms with Crippen molar-refractivity contribution in [1.82, 2.24) is 10.2 Å². The Morgan fingerprint density at radius 3 is 2.83 bits per heavy atom. The van der Waals surface area contributed by atoms with Gasteiger partial charge in [-0.15, -0.1) is 0 Å². The minimum atomic E-state index is -0.0935. The molecule has 1 fully saturated rings. The van der Waals surface area contributed by atoms with Gasteiger partial charge in [0.2, 0.25) is 5.91 Å². The number of rotatable bonds is 6. The van der Waals surface area contributed by atoms with E-state index in [2.05, 4.69) is 11.6 Å². The second-order valence-corrected chi connectivity index (χ2v) is 7.13. The fourth-order valence-electron chi connectivity index (χ4n) is 3.25. The minimum absolute atomic E-state index is 0.0935. The maximum absolute atomic E-state index is 12.5. The molecule has 5 heteroatoms. The number of benzene rings is 1. The lowest BCUT2D eigenvalue weighted by Gasteiger charge is -2.29. The predicted octanol–water partition coefficient (Wildman–Crippen LogP) is 2.72. The molecular formula is C18H26N2O2S. The van der Waals surface area contributed by atoms with Gasteiger partial charge in [-0.05, 0) is 43.2 Å². The van der Waals surface area contributed by atoms with Crippen molar-refractivity contribution in [2.75, 3.05) is 20.4 Å². The molecule has 2 rings (SSSR count). The summed E-state index contributed by atoms with van der Waals surface area (Å²) in [7, 11) is 3.56. The van der Waals surface area contributed by atoms with Crippen molar-refractivity contribution in [3.8, 4) is 0 Å². The highest BCUT2D eigenvalue weighted by Crippen LogP contribution is 2.31. The molecule has 1 aromatic carbocycles. The lowest BCUT2D eigenvalue weighted by molar-refractivity contribution is -0.131. The molecule has 0 spiro atoms. The molecule has 0 aromatic heterocycles. The van der Waals surface area contributed by atoms with Crippen LogP contribution in [0.4, 0.5) is 0 Å². The van der Waals surface area contributed by atoms with Crippen LogP contribution in [-0.4, -0.2) is 48.4 Å². The van der Waals surface area contributed by atoms with E-state index in [9.17, 15) is 9.59 Å². The molecule has 1 aliphatic rings. The summed E-state index contributed by atoms with van der Waals surface area (Å²) in [5.41, 5.74) is 1.67. The molecule has 0 saturated heterocycles. The molecule has 23 heavy (non-hydrogen) atoms. The topological polar surface area (TPSA) is 49.4 Å². The van der Waals surface area contributed by atoms with Gasteiger partial charge in [0.15, 0.2) is 0 Å². The van der Waals surface area contributed by atoms with E-state index in [0.29, 0.717) is 29.7 Å². The van der Waals surface area contributed by atoms with E-state index < -0.39 is 0 Å². The van der Waals surface area contributed by atoms with Crippen LogP contribution in [0.5, 0.6) is 0 Å². The third kappa shape index (κ3) is 4.50. The van der Waals surface area contributed by atoms with E-state index in [-0.39, 0.29) is 11.8 Å². The van der Waals surface area contributed by atoms with Crippen LogP contribution in [0.3, 0.4) is 0 Å². The molecule has 1 N–H and O–H groups in total. The third-order valence-corrected chi connectivity index (χ3v) is 5.81. The summed E-state index contributed by atoms with van der Waals surface area (Å²) in [4.78, 5) is 26.1. The van der Waals surface area contributed by atoms with Gasteiger partial charge in [0.1, 0.15) is 0 Å². The minimum Gasteiger partial charge on any atom is -0.355 e. The van der Waals surface area contributed by atoms with Crippen LogP contribution in [0.2, 0.25) is 0 Å². The fourth-order valence-corrected chi connectivity index (χ4v) is 4.28. The van der Waals surface area contributed by atoms with Crippen LogP contribution >= 0.6 is 11.8 Å². The SMILES string of the molecule is CNC(=O)c1cccc(CCC(=O)N(C)C2CCCC2SC)c1. The van der Waals surface area contributed by atoms with Gasteiger partial charge in [-0.1, -0.05) is 18.6 Å². The van der Waals surface area contributed by atoms with Crippen LogP contribution < -0.4 is 5.32 Å². The summed E-state index contributed by atoms with van der Waals surface area (Å²) >= 11 is 1.87. The Morgan fingerprint density at radius 1 is 1.35 bits per heavy atom. The monoisotopic (exact) mass is 334 g/mol. The van der Waals surface area contributed by atoms with Crippen molar-refractivity contribution in [3.05, 3.63) is 35.4 Å². The van der Waals surface area contributed by atoms with Gasteiger partial charge in [0.05, 0.1) is 0 Å². The summed E-state index contributed by atoms with van der Waals surface area (Å²) in [6.07, 6.45) is 6.82. The van der Waals surface area contributed by atoms with Gasteiger partial charge < -0.3 is 10.2 Å². The predicted molar refractivity (Wildman–Crippen MR) is 95.9 cm³/mol. The van der Waals surface area contributed by atoms with Crippen LogP contribution in [0, 0.1) is 0 Å². The maximum Gasteiger partial charge on any atom is 0.251 e. The lowest BCUT2D eigenvalue weighted by Crippen LogP contribution is -2.40. The van der Waals surface area contributed by atoms with E-state index in [1.54, 1.807) is 13.1 Å². The molecule has 126 valence electrons. The molecule has 2 amide bonds. The van der Waals surface area contributed by atoms with Gasteiger partial charge in [-0.25, -0.2) is 0 Å². The number of hydrogen-bond donors (Lipinski definition) is 1. The van der Waals surface area contributed by atoms with E-state index >= 15 is 0 Å². The number of nitrogens with one attached hydrogen (secondary N) is 1. The highest BCUT2D eigenvalue weighted by molar-refractivity contribution is 7.99. The van der Waals surface area contributed by atoms with Crippen molar-refractivity contribution in [1.29, 1.82) is 0 Å². The molecule has 0 heterocycles. The fraction of sp³-hybridized carbons (Fsp3) is 0.556. The van der Waals surface area contributed by atoms with E-state index in [4.69, 9.17) is 0 Å². The summed E-state index contributed by atoms with van der Waals surface area (Å²) in [5, 5.41) is 3.19. The van der Waals surface area contributed by atoms with Gasteiger partial charge >= 0.3 is 0 Å². The zero-order valence-corrected chi connectivity index (χ0v) is 15.0. The maximum atomic E-state index is 12.5. The number of carbonyl (C=O) groups excluding carboxylic acids is 2. The second kappa shape index (κ2) is 8.39. The standard InChI is InChI=1S/C18H26N2O2S/c1-19-18(22)14-7-4-6-13(12-14)10-11-17(21)20(2)15-8-5-9-16(15)23-3/h4,6-7,12,15-16H,5,8-11H2,1-3H3,(H,19,22). The van der Waals surface area contributed by atoms with Crippen LogP contribution in [0.1, 0.15) is 41.6 Å². The highest BCUT2D eigenvalue weighted by atomic mass is 32.2. The number of hydrogen-bond acceptors (Lipinski definition) is 3. The first-order valence-electron chi connectivity index (χ1n) is 8.16. The van der Waals surface area contributed by atoms with Crippen molar-refractivity contribution >= 4 is 23.6 Å². The summed E-state index contributed by atoms with van der Waals surface area (Å²) in [5.74, 6) is 0.102. The Labute approximate surface area is 143 Å². The third-order valence-electron chi connectivity index (χ3n) is 4.66. The zero-order valence-electron chi connectivity index (χ0n) is 14.2. The number of nitrogens with zero attached hydrogens (tertiary/aromatic N) is 1. The van der Waals surface area contributed by atoms with Crippen LogP contribution in [-0.2, 0) is 11.2 Å². The second-order valence-electron chi connectivity index (χ2n) is 6.06.